The fraction of sp³-hybridized carbons (Fsp3) is 0.462. The van der Waals surface area contributed by atoms with Gasteiger partial charge in [-0.3, -0.25) is 10.1 Å². The monoisotopic (exact) mass is 282 g/mol. The lowest BCUT2D eigenvalue weighted by molar-refractivity contribution is -0.384. The minimum atomic E-state index is -1.23. The van der Waals surface area contributed by atoms with Crippen molar-refractivity contribution in [2.24, 2.45) is 5.41 Å². The van der Waals surface area contributed by atoms with E-state index < -0.39 is 10.9 Å². The number of nitrogens with one attached hydrogen (secondary N) is 1. The Balaban J connectivity index is 2.95. The summed E-state index contributed by atoms with van der Waals surface area (Å²) in [7, 11) is 0. The molecular weight excluding hydrogens is 264 g/mol. The van der Waals surface area contributed by atoms with Crippen molar-refractivity contribution < 1.29 is 19.9 Å². The highest BCUT2D eigenvalue weighted by molar-refractivity contribution is 5.95. The van der Waals surface area contributed by atoms with Crippen LogP contribution in [0.2, 0.25) is 0 Å². The first-order valence-corrected chi connectivity index (χ1v) is 6.13. The van der Waals surface area contributed by atoms with E-state index in [4.69, 9.17) is 10.2 Å². The molecule has 0 saturated heterocycles. The normalized spacial score (nSPS) is 11.2. The summed E-state index contributed by atoms with van der Waals surface area (Å²) < 4.78 is 0. The topological polar surface area (TPSA) is 113 Å². The molecule has 0 spiro atoms. The number of carbonyl (C=O) groups is 1. The van der Waals surface area contributed by atoms with Crippen LogP contribution in [0.4, 0.5) is 11.4 Å². The molecule has 20 heavy (non-hydrogen) atoms. The molecule has 0 aliphatic rings. The molecule has 0 bridgehead atoms. The van der Waals surface area contributed by atoms with Gasteiger partial charge in [0.2, 0.25) is 0 Å². The van der Waals surface area contributed by atoms with E-state index in [1.54, 1.807) is 0 Å². The minimum absolute atomic E-state index is 0.0424. The summed E-state index contributed by atoms with van der Waals surface area (Å²) in [6, 6.07) is 3.67. The Morgan fingerprint density at radius 3 is 2.60 bits per heavy atom. The maximum absolute atomic E-state index is 11.1. The van der Waals surface area contributed by atoms with Gasteiger partial charge < -0.3 is 15.5 Å². The molecule has 0 radical (unpaired) electrons. The number of aliphatic hydroxyl groups excluding tert-OH is 1. The van der Waals surface area contributed by atoms with E-state index in [0.717, 1.165) is 6.07 Å². The van der Waals surface area contributed by atoms with Gasteiger partial charge in [0.05, 0.1) is 10.5 Å². The molecular formula is C13H18N2O5. The van der Waals surface area contributed by atoms with E-state index in [0.29, 0.717) is 18.7 Å². The van der Waals surface area contributed by atoms with Gasteiger partial charge in [-0.15, -0.1) is 0 Å². The lowest BCUT2D eigenvalue weighted by Crippen LogP contribution is -2.25. The van der Waals surface area contributed by atoms with Gasteiger partial charge in [-0.05, 0) is 17.9 Å². The predicted molar refractivity (Wildman–Crippen MR) is 74.0 cm³/mol. The average Bonchev–Trinajstić information content (AvgIpc) is 2.36. The van der Waals surface area contributed by atoms with E-state index >= 15 is 0 Å². The number of hydrogen-bond acceptors (Lipinski definition) is 5. The third-order valence-corrected chi connectivity index (χ3v) is 2.99. The average molecular weight is 282 g/mol. The molecule has 110 valence electrons. The van der Waals surface area contributed by atoms with Gasteiger partial charge in [-0.1, -0.05) is 13.8 Å². The SMILES string of the molecule is CC(C)(CCO)CNc1ccc([N+](=O)[O-])cc1C(=O)O. The number of hydrogen-bond donors (Lipinski definition) is 3. The van der Waals surface area contributed by atoms with Gasteiger partial charge in [0.25, 0.3) is 5.69 Å². The number of nitro benzene ring substituents is 1. The van der Waals surface area contributed by atoms with Crippen LogP contribution in [0.25, 0.3) is 0 Å². The molecule has 0 heterocycles. The van der Waals surface area contributed by atoms with E-state index in [1.165, 1.54) is 12.1 Å². The summed E-state index contributed by atoms with van der Waals surface area (Å²) in [5.41, 5.74) is -0.289. The quantitative estimate of drug-likeness (QED) is 0.521. The molecule has 3 N–H and O–H groups in total. The van der Waals surface area contributed by atoms with Crippen molar-refractivity contribution in [2.75, 3.05) is 18.5 Å². The molecule has 1 aromatic carbocycles. The molecule has 0 aliphatic carbocycles. The van der Waals surface area contributed by atoms with Crippen LogP contribution in [0.3, 0.4) is 0 Å². The number of nitro groups is 1. The number of carboxylic acid groups (broad SMARTS) is 1. The fourth-order valence-electron chi connectivity index (χ4n) is 1.70. The zero-order valence-electron chi connectivity index (χ0n) is 11.4. The van der Waals surface area contributed by atoms with Crippen molar-refractivity contribution in [3.8, 4) is 0 Å². The summed E-state index contributed by atoms with van der Waals surface area (Å²) in [5, 5.41) is 31.7. The number of non-ortho nitro benzene ring substituents is 1. The lowest BCUT2D eigenvalue weighted by atomic mass is 9.89. The minimum Gasteiger partial charge on any atom is -0.478 e. The van der Waals surface area contributed by atoms with Crippen LogP contribution >= 0.6 is 0 Å². The van der Waals surface area contributed by atoms with Crippen molar-refractivity contribution in [2.45, 2.75) is 20.3 Å². The second kappa shape index (κ2) is 6.33. The summed E-state index contributed by atoms with van der Waals surface area (Å²) in [5.74, 6) is -1.23. The second-order valence-electron chi connectivity index (χ2n) is 5.28. The zero-order valence-corrected chi connectivity index (χ0v) is 11.4. The van der Waals surface area contributed by atoms with Gasteiger partial charge in [0.1, 0.15) is 0 Å². The molecule has 0 unspecified atom stereocenters. The van der Waals surface area contributed by atoms with E-state index in [9.17, 15) is 14.9 Å². The van der Waals surface area contributed by atoms with Crippen LogP contribution in [-0.4, -0.2) is 34.3 Å². The van der Waals surface area contributed by atoms with Gasteiger partial charge in [0, 0.05) is 31.0 Å². The molecule has 0 aliphatic heterocycles. The molecule has 7 nitrogen and oxygen atoms in total. The first-order valence-electron chi connectivity index (χ1n) is 6.13. The van der Waals surface area contributed by atoms with Crippen molar-refractivity contribution >= 4 is 17.3 Å². The number of nitrogens with zero attached hydrogens (tertiary/aromatic N) is 1. The first-order chi connectivity index (χ1) is 9.26. The van der Waals surface area contributed by atoms with Crippen LogP contribution in [0, 0.1) is 15.5 Å². The van der Waals surface area contributed by atoms with Crippen molar-refractivity contribution in [3.05, 3.63) is 33.9 Å². The molecule has 0 saturated carbocycles. The molecule has 0 amide bonds. The molecule has 0 fully saturated rings. The largest absolute Gasteiger partial charge is 0.478 e. The number of aliphatic hydroxyl groups is 1. The Labute approximate surface area is 116 Å². The molecule has 7 heteroatoms. The van der Waals surface area contributed by atoms with Crippen LogP contribution < -0.4 is 5.32 Å². The molecule has 1 aromatic rings. The van der Waals surface area contributed by atoms with Gasteiger partial charge >= 0.3 is 5.97 Å². The van der Waals surface area contributed by atoms with Gasteiger partial charge in [0.15, 0.2) is 0 Å². The maximum atomic E-state index is 11.1. The fourth-order valence-corrected chi connectivity index (χ4v) is 1.70. The third kappa shape index (κ3) is 4.20. The third-order valence-electron chi connectivity index (χ3n) is 2.99. The molecule has 0 atom stereocenters. The smallest absolute Gasteiger partial charge is 0.338 e. The number of anilines is 1. The highest BCUT2D eigenvalue weighted by Gasteiger charge is 2.20. The Bertz CT molecular complexity index is 513. The highest BCUT2D eigenvalue weighted by atomic mass is 16.6. The summed E-state index contributed by atoms with van der Waals surface area (Å²) in [6.07, 6.45) is 0.565. The van der Waals surface area contributed by atoms with Crippen molar-refractivity contribution in [1.29, 1.82) is 0 Å². The summed E-state index contributed by atoms with van der Waals surface area (Å²) in [6.45, 7) is 4.36. The van der Waals surface area contributed by atoms with Gasteiger partial charge in [-0.25, -0.2) is 4.79 Å². The highest BCUT2D eigenvalue weighted by Crippen LogP contribution is 2.25. The standard InChI is InChI=1S/C13H18N2O5/c1-13(2,5-6-16)8-14-11-4-3-9(15(19)20)7-10(11)12(17)18/h3-4,7,14,16H,5-6,8H2,1-2H3,(H,17,18). The van der Waals surface area contributed by atoms with E-state index in [-0.39, 0.29) is 23.3 Å². The van der Waals surface area contributed by atoms with Crippen molar-refractivity contribution in [3.63, 3.8) is 0 Å². The first kappa shape index (κ1) is 15.9. The Morgan fingerprint density at radius 2 is 2.10 bits per heavy atom. The summed E-state index contributed by atoms with van der Waals surface area (Å²) in [4.78, 5) is 21.2. The zero-order chi connectivity index (χ0) is 15.3. The van der Waals surface area contributed by atoms with Crippen molar-refractivity contribution in [1.82, 2.24) is 0 Å². The van der Waals surface area contributed by atoms with Gasteiger partial charge in [-0.2, -0.15) is 0 Å². The number of benzene rings is 1. The maximum Gasteiger partial charge on any atom is 0.338 e. The Hall–Kier alpha value is -2.15. The lowest BCUT2D eigenvalue weighted by Gasteiger charge is -2.25. The Morgan fingerprint density at radius 1 is 1.45 bits per heavy atom. The van der Waals surface area contributed by atoms with Crippen LogP contribution in [0.1, 0.15) is 30.6 Å². The summed E-state index contributed by atoms with van der Waals surface area (Å²) >= 11 is 0. The van der Waals surface area contributed by atoms with E-state index in [2.05, 4.69) is 5.32 Å². The second-order valence-corrected chi connectivity index (χ2v) is 5.28. The van der Waals surface area contributed by atoms with Crippen LogP contribution in [0.5, 0.6) is 0 Å². The van der Waals surface area contributed by atoms with E-state index in [1.807, 2.05) is 13.8 Å². The van der Waals surface area contributed by atoms with Crippen LogP contribution in [0.15, 0.2) is 18.2 Å². The molecule has 1 rings (SSSR count). The number of rotatable bonds is 7. The van der Waals surface area contributed by atoms with Crippen LogP contribution in [-0.2, 0) is 0 Å². The predicted octanol–water partition coefficient (Wildman–Crippen LogP) is 2.11. The Kier molecular flexibility index (Phi) is 5.04. The number of carboxylic acids is 1. The molecule has 0 aromatic heterocycles. The number of aromatic carboxylic acids is 1.